The van der Waals surface area contributed by atoms with E-state index in [1.165, 1.54) is 0 Å². The summed E-state index contributed by atoms with van der Waals surface area (Å²) in [4.78, 5) is 23.0. The second-order valence-electron chi connectivity index (χ2n) is 5.66. The number of hydrogen-bond acceptors (Lipinski definition) is 4. The first-order chi connectivity index (χ1) is 10.1. The van der Waals surface area contributed by atoms with Gasteiger partial charge in [0.25, 0.3) is 0 Å². The minimum absolute atomic E-state index is 0.0297. The first kappa shape index (κ1) is 13.7. The molecule has 0 unspecified atom stereocenters. The van der Waals surface area contributed by atoms with Crippen LogP contribution in [0.2, 0.25) is 0 Å². The largest absolute Gasteiger partial charge is 0.397 e. The van der Waals surface area contributed by atoms with Crippen LogP contribution in [0.4, 0.5) is 17.1 Å². The van der Waals surface area contributed by atoms with Gasteiger partial charge in [-0.2, -0.15) is 0 Å². The SMILES string of the molecule is Nc1cc2c(cc1NCCC(=O)NC1CC1)NC(=O)CC2. The first-order valence-corrected chi connectivity index (χ1v) is 7.37. The van der Waals surface area contributed by atoms with Crippen molar-refractivity contribution in [3.8, 4) is 0 Å². The Morgan fingerprint density at radius 2 is 2.14 bits per heavy atom. The number of amides is 2. The molecule has 6 nitrogen and oxygen atoms in total. The van der Waals surface area contributed by atoms with Crippen molar-refractivity contribution in [1.82, 2.24) is 5.32 Å². The van der Waals surface area contributed by atoms with Crippen LogP contribution in [0.5, 0.6) is 0 Å². The molecule has 1 heterocycles. The third-order valence-corrected chi connectivity index (χ3v) is 3.78. The number of carbonyl (C=O) groups excluding carboxylic acids is 2. The molecule has 0 saturated heterocycles. The standard InChI is InChI=1S/C15H20N4O2/c16-11-7-9-1-4-14(20)19-12(9)8-13(11)17-6-5-15(21)18-10-2-3-10/h7-8,10,17H,1-6,16H2,(H,18,21)(H,19,20). The molecule has 2 amide bonds. The van der Waals surface area contributed by atoms with Gasteiger partial charge in [0.15, 0.2) is 0 Å². The summed E-state index contributed by atoms with van der Waals surface area (Å²) in [5.74, 6) is 0.0943. The summed E-state index contributed by atoms with van der Waals surface area (Å²) >= 11 is 0. The van der Waals surface area contributed by atoms with E-state index in [1.807, 2.05) is 12.1 Å². The van der Waals surface area contributed by atoms with Gasteiger partial charge in [-0.15, -0.1) is 0 Å². The van der Waals surface area contributed by atoms with Crippen molar-refractivity contribution in [2.45, 2.75) is 38.1 Å². The first-order valence-electron chi connectivity index (χ1n) is 7.37. The smallest absolute Gasteiger partial charge is 0.224 e. The number of hydrogen-bond donors (Lipinski definition) is 4. The van der Waals surface area contributed by atoms with Crippen LogP contribution in [-0.4, -0.2) is 24.4 Å². The Labute approximate surface area is 123 Å². The molecule has 1 aliphatic heterocycles. The van der Waals surface area contributed by atoms with E-state index < -0.39 is 0 Å². The van der Waals surface area contributed by atoms with Crippen LogP contribution < -0.4 is 21.7 Å². The highest BCUT2D eigenvalue weighted by molar-refractivity contribution is 5.95. The molecule has 5 N–H and O–H groups in total. The van der Waals surface area contributed by atoms with Crippen molar-refractivity contribution in [2.24, 2.45) is 0 Å². The Bertz CT molecular complexity index is 581. The van der Waals surface area contributed by atoms with E-state index in [9.17, 15) is 9.59 Å². The van der Waals surface area contributed by atoms with Crippen LogP contribution in [0.3, 0.4) is 0 Å². The minimum Gasteiger partial charge on any atom is -0.397 e. The summed E-state index contributed by atoms with van der Waals surface area (Å²) in [5, 5.41) is 8.96. The van der Waals surface area contributed by atoms with Crippen molar-refractivity contribution in [3.63, 3.8) is 0 Å². The van der Waals surface area contributed by atoms with Gasteiger partial charge >= 0.3 is 0 Å². The lowest BCUT2D eigenvalue weighted by molar-refractivity contribution is -0.121. The molecule has 21 heavy (non-hydrogen) atoms. The molecule has 0 radical (unpaired) electrons. The Hall–Kier alpha value is -2.24. The maximum absolute atomic E-state index is 11.6. The number of aryl methyl sites for hydroxylation is 1. The molecule has 3 rings (SSSR count). The van der Waals surface area contributed by atoms with Crippen LogP contribution in [0.25, 0.3) is 0 Å². The Kier molecular flexibility index (Phi) is 3.68. The molecular formula is C15H20N4O2. The van der Waals surface area contributed by atoms with Gasteiger partial charge in [-0.05, 0) is 37.0 Å². The summed E-state index contributed by atoms with van der Waals surface area (Å²) < 4.78 is 0. The van der Waals surface area contributed by atoms with Crippen molar-refractivity contribution in [1.29, 1.82) is 0 Å². The summed E-state index contributed by atoms with van der Waals surface area (Å²) in [7, 11) is 0. The Balaban J connectivity index is 1.58. The molecule has 1 aliphatic carbocycles. The van der Waals surface area contributed by atoms with E-state index in [4.69, 9.17) is 5.73 Å². The van der Waals surface area contributed by atoms with Crippen molar-refractivity contribution in [2.75, 3.05) is 22.9 Å². The van der Waals surface area contributed by atoms with E-state index in [2.05, 4.69) is 16.0 Å². The zero-order chi connectivity index (χ0) is 14.8. The number of fused-ring (bicyclic) bond motifs is 1. The Morgan fingerprint density at radius 1 is 1.33 bits per heavy atom. The molecule has 0 aromatic heterocycles. The van der Waals surface area contributed by atoms with E-state index in [-0.39, 0.29) is 11.8 Å². The predicted molar refractivity (Wildman–Crippen MR) is 82.1 cm³/mol. The number of nitrogens with two attached hydrogens (primary N) is 1. The molecule has 112 valence electrons. The Morgan fingerprint density at radius 3 is 2.90 bits per heavy atom. The summed E-state index contributed by atoms with van der Waals surface area (Å²) in [6.07, 6.45) is 3.82. The molecule has 6 heteroatoms. The lowest BCUT2D eigenvalue weighted by Gasteiger charge is -2.19. The van der Waals surface area contributed by atoms with Crippen LogP contribution in [0.1, 0.15) is 31.2 Å². The highest BCUT2D eigenvalue weighted by Gasteiger charge is 2.22. The maximum Gasteiger partial charge on any atom is 0.224 e. The average Bonchev–Trinajstić information content (AvgIpc) is 3.23. The van der Waals surface area contributed by atoms with Gasteiger partial charge in [-0.1, -0.05) is 0 Å². The highest BCUT2D eigenvalue weighted by atomic mass is 16.2. The van der Waals surface area contributed by atoms with E-state index in [1.54, 1.807) is 0 Å². The molecule has 1 fully saturated rings. The van der Waals surface area contributed by atoms with Gasteiger partial charge in [0, 0.05) is 31.1 Å². The van der Waals surface area contributed by atoms with Gasteiger partial charge in [0.2, 0.25) is 11.8 Å². The topological polar surface area (TPSA) is 96.2 Å². The van der Waals surface area contributed by atoms with Crippen LogP contribution >= 0.6 is 0 Å². The number of anilines is 3. The summed E-state index contributed by atoms with van der Waals surface area (Å²) in [6.45, 7) is 0.523. The van der Waals surface area contributed by atoms with Crippen molar-refractivity contribution < 1.29 is 9.59 Å². The van der Waals surface area contributed by atoms with Gasteiger partial charge in [-0.25, -0.2) is 0 Å². The van der Waals surface area contributed by atoms with E-state index in [0.717, 1.165) is 36.2 Å². The minimum atomic E-state index is 0.0297. The molecular weight excluding hydrogens is 268 g/mol. The quantitative estimate of drug-likeness (QED) is 0.613. The van der Waals surface area contributed by atoms with Gasteiger partial charge in [-0.3, -0.25) is 9.59 Å². The fraction of sp³-hybridized carbons (Fsp3) is 0.467. The van der Waals surface area contributed by atoms with E-state index >= 15 is 0 Å². The molecule has 2 aliphatic rings. The van der Waals surface area contributed by atoms with Crippen LogP contribution in [0.15, 0.2) is 12.1 Å². The molecule has 0 spiro atoms. The molecule has 1 saturated carbocycles. The number of carbonyl (C=O) groups is 2. The van der Waals surface area contributed by atoms with Gasteiger partial charge < -0.3 is 21.7 Å². The van der Waals surface area contributed by atoms with E-state index in [0.29, 0.717) is 31.1 Å². The fourth-order valence-electron chi connectivity index (χ4n) is 2.44. The lowest BCUT2D eigenvalue weighted by atomic mass is 10.0. The number of nitrogen functional groups attached to an aromatic ring is 1. The third-order valence-electron chi connectivity index (χ3n) is 3.78. The number of nitrogens with one attached hydrogen (secondary N) is 3. The summed E-state index contributed by atoms with van der Waals surface area (Å²) in [6, 6.07) is 4.13. The predicted octanol–water partition coefficient (Wildman–Crippen LogP) is 1.23. The van der Waals surface area contributed by atoms with Crippen LogP contribution in [0, 0.1) is 0 Å². The maximum atomic E-state index is 11.6. The molecule has 1 aromatic carbocycles. The molecule has 0 atom stereocenters. The van der Waals surface area contributed by atoms with Gasteiger partial charge in [0.1, 0.15) is 0 Å². The highest BCUT2D eigenvalue weighted by Crippen LogP contribution is 2.31. The monoisotopic (exact) mass is 288 g/mol. The van der Waals surface area contributed by atoms with Gasteiger partial charge in [0.05, 0.1) is 11.4 Å². The third kappa shape index (κ3) is 3.45. The number of benzene rings is 1. The average molecular weight is 288 g/mol. The fourth-order valence-corrected chi connectivity index (χ4v) is 2.44. The molecule has 0 bridgehead atoms. The van der Waals surface area contributed by atoms with Crippen molar-refractivity contribution >= 4 is 28.9 Å². The zero-order valence-electron chi connectivity index (χ0n) is 11.9. The lowest BCUT2D eigenvalue weighted by Crippen LogP contribution is -2.27. The summed E-state index contributed by atoms with van der Waals surface area (Å²) in [5.41, 5.74) is 9.29. The normalized spacial score (nSPS) is 16.9. The van der Waals surface area contributed by atoms with Crippen molar-refractivity contribution in [3.05, 3.63) is 17.7 Å². The molecule has 1 aromatic rings. The number of rotatable bonds is 5. The second-order valence-corrected chi connectivity index (χ2v) is 5.66. The zero-order valence-corrected chi connectivity index (χ0v) is 11.9. The second kappa shape index (κ2) is 5.63. The van der Waals surface area contributed by atoms with Crippen LogP contribution in [-0.2, 0) is 16.0 Å².